The third-order valence-corrected chi connectivity index (χ3v) is 5.01. The molecule has 0 saturated carbocycles. The van der Waals surface area contributed by atoms with E-state index < -0.39 is 11.3 Å². The number of carbonyl (C=O) groups is 1. The quantitative estimate of drug-likeness (QED) is 0.315. The molecule has 5 nitrogen and oxygen atoms in total. The van der Waals surface area contributed by atoms with Crippen LogP contribution in [-0.4, -0.2) is 27.9 Å². The maximum Gasteiger partial charge on any atom is 0.293 e. The third kappa shape index (κ3) is 4.70. The summed E-state index contributed by atoms with van der Waals surface area (Å²) in [6, 6.07) is 4.36. The molecule has 0 N–H and O–H groups in total. The van der Waals surface area contributed by atoms with E-state index in [0.29, 0.717) is 35.0 Å². The Morgan fingerprint density at radius 2 is 2.22 bits per heavy atom. The van der Waals surface area contributed by atoms with Gasteiger partial charge in [-0.25, -0.2) is 0 Å². The Morgan fingerprint density at radius 1 is 1.43 bits per heavy atom. The number of halogens is 2. The Kier molecular flexibility index (Phi) is 6.89. The number of nitrogens with zero attached hydrogens (tertiary/aromatic N) is 1. The average molecular weight is 377 g/mol. The van der Waals surface area contributed by atoms with Gasteiger partial charge in [0.25, 0.3) is 6.47 Å². The van der Waals surface area contributed by atoms with Gasteiger partial charge < -0.3 is 9.29 Å². The van der Waals surface area contributed by atoms with E-state index in [1.54, 1.807) is 12.1 Å². The molecule has 2 unspecified atom stereocenters. The molecule has 2 rings (SSSR count). The van der Waals surface area contributed by atoms with Gasteiger partial charge in [-0.3, -0.25) is 13.3 Å². The van der Waals surface area contributed by atoms with E-state index in [-0.39, 0.29) is 12.6 Å². The van der Waals surface area contributed by atoms with Gasteiger partial charge in [-0.05, 0) is 43.0 Å². The molecule has 1 aromatic rings. The number of ether oxygens (including phenoxy) is 1. The highest BCUT2D eigenvalue weighted by atomic mass is 35.5. The first kappa shape index (κ1) is 18.3. The van der Waals surface area contributed by atoms with E-state index in [1.807, 2.05) is 6.08 Å². The van der Waals surface area contributed by atoms with Crippen LogP contribution in [0.4, 0.5) is 5.69 Å². The highest BCUT2D eigenvalue weighted by Gasteiger charge is 2.27. The van der Waals surface area contributed by atoms with Crippen molar-refractivity contribution in [2.75, 3.05) is 10.9 Å². The zero-order chi connectivity index (χ0) is 16.8. The summed E-state index contributed by atoms with van der Waals surface area (Å²) in [5, 5.41) is 0.721. The highest BCUT2D eigenvalue weighted by molar-refractivity contribution is 7.80. The van der Waals surface area contributed by atoms with Crippen molar-refractivity contribution in [1.29, 1.82) is 0 Å². The summed E-state index contributed by atoms with van der Waals surface area (Å²) in [6.07, 6.45) is 4.89. The van der Waals surface area contributed by atoms with Crippen molar-refractivity contribution in [2.45, 2.75) is 31.7 Å². The van der Waals surface area contributed by atoms with Crippen molar-refractivity contribution in [3.63, 3.8) is 0 Å². The monoisotopic (exact) mass is 376 g/mol. The zero-order valence-electron chi connectivity index (χ0n) is 12.2. The molecule has 23 heavy (non-hydrogen) atoms. The summed E-state index contributed by atoms with van der Waals surface area (Å²) in [7, 11) is 0. The normalized spacial score (nSPS) is 18.9. The zero-order valence-corrected chi connectivity index (χ0v) is 14.6. The lowest BCUT2D eigenvalue weighted by Crippen LogP contribution is -2.39. The molecule has 0 aromatic heterocycles. The van der Waals surface area contributed by atoms with E-state index in [1.165, 1.54) is 10.4 Å². The molecule has 0 radical (unpaired) electrons. The van der Waals surface area contributed by atoms with Crippen LogP contribution in [0.1, 0.15) is 25.7 Å². The van der Waals surface area contributed by atoms with Crippen LogP contribution in [0.2, 0.25) is 10.0 Å². The van der Waals surface area contributed by atoms with E-state index >= 15 is 0 Å². The molecule has 1 aromatic carbocycles. The van der Waals surface area contributed by atoms with Crippen LogP contribution in [0.15, 0.2) is 29.8 Å². The Labute approximate surface area is 147 Å². The SMILES string of the molecule is O=COCCC1=CCCCC1N(c1cc(Cl)ccc1Cl)S(=O)[O-]. The van der Waals surface area contributed by atoms with Gasteiger partial charge in [0.2, 0.25) is 0 Å². The van der Waals surface area contributed by atoms with E-state index in [2.05, 4.69) is 0 Å². The molecule has 0 amide bonds. The highest BCUT2D eigenvalue weighted by Crippen LogP contribution is 2.36. The smallest absolute Gasteiger partial charge is 0.293 e. The minimum atomic E-state index is -2.51. The van der Waals surface area contributed by atoms with E-state index in [4.69, 9.17) is 27.9 Å². The van der Waals surface area contributed by atoms with Crippen LogP contribution in [-0.2, 0) is 20.8 Å². The summed E-state index contributed by atoms with van der Waals surface area (Å²) in [4.78, 5) is 10.3. The fraction of sp³-hybridized carbons (Fsp3) is 0.400. The van der Waals surface area contributed by atoms with E-state index in [9.17, 15) is 13.6 Å². The fourth-order valence-electron chi connectivity index (χ4n) is 2.69. The first-order chi connectivity index (χ1) is 11.0. The van der Waals surface area contributed by atoms with Gasteiger partial charge in [0.1, 0.15) is 0 Å². The van der Waals surface area contributed by atoms with Crippen molar-refractivity contribution in [3.8, 4) is 0 Å². The van der Waals surface area contributed by atoms with Crippen molar-refractivity contribution < 1.29 is 18.3 Å². The van der Waals surface area contributed by atoms with Crippen LogP contribution < -0.4 is 4.31 Å². The molecule has 2 atom stereocenters. The predicted molar refractivity (Wildman–Crippen MR) is 90.2 cm³/mol. The van der Waals surface area contributed by atoms with Gasteiger partial charge in [-0.15, -0.1) is 0 Å². The molecule has 8 heteroatoms. The Hall–Kier alpha value is -1.08. The van der Waals surface area contributed by atoms with Crippen molar-refractivity contribution in [2.24, 2.45) is 0 Å². The fourth-order valence-corrected chi connectivity index (χ4v) is 3.87. The number of carbonyl (C=O) groups excluding carboxylic acids is 1. The molecule has 0 saturated heterocycles. The summed E-state index contributed by atoms with van der Waals surface area (Å²) in [5.74, 6) is 0. The average Bonchev–Trinajstić information content (AvgIpc) is 2.52. The summed E-state index contributed by atoms with van der Waals surface area (Å²) in [5.41, 5.74) is 1.26. The standard InChI is InChI=1S/C15H17Cl2NO4S/c16-12-5-6-13(17)15(9-12)18(23(20)21)14-4-2-1-3-11(14)7-8-22-10-19/h3,5-6,9-10,14H,1-2,4,7-8H2,(H,20,21)/p-1. The summed E-state index contributed by atoms with van der Waals surface area (Å²) in [6.45, 7) is 0.601. The Balaban J connectivity index is 2.33. The van der Waals surface area contributed by atoms with Crippen molar-refractivity contribution >= 4 is 46.6 Å². The number of hydrogen-bond donors (Lipinski definition) is 0. The molecular weight excluding hydrogens is 361 g/mol. The minimum Gasteiger partial charge on any atom is -0.755 e. The predicted octanol–water partition coefficient (Wildman–Crippen LogP) is 3.64. The minimum absolute atomic E-state index is 0.217. The van der Waals surface area contributed by atoms with Crippen LogP contribution >= 0.6 is 23.2 Å². The molecular formula is C15H16Cl2NO4S-. The number of anilines is 1. The van der Waals surface area contributed by atoms with Crippen LogP contribution in [0, 0.1) is 0 Å². The molecule has 0 bridgehead atoms. The lowest BCUT2D eigenvalue weighted by molar-refractivity contribution is -0.128. The van der Waals surface area contributed by atoms with Gasteiger partial charge in [0.05, 0.1) is 23.4 Å². The van der Waals surface area contributed by atoms with Crippen LogP contribution in [0.5, 0.6) is 0 Å². The van der Waals surface area contributed by atoms with Gasteiger partial charge in [-0.2, -0.15) is 0 Å². The molecule has 1 aliphatic carbocycles. The van der Waals surface area contributed by atoms with Gasteiger partial charge in [-0.1, -0.05) is 29.3 Å². The first-order valence-corrected chi connectivity index (χ1v) is 8.91. The topological polar surface area (TPSA) is 69.7 Å². The molecule has 1 aliphatic rings. The van der Waals surface area contributed by atoms with Crippen molar-refractivity contribution in [1.82, 2.24) is 0 Å². The molecule has 0 fully saturated rings. The van der Waals surface area contributed by atoms with Gasteiger partial charge in [0.15, 0.2) is 0 Å². The van der Waals surface area contributed by atoms with Gasteiger partial charge >= 0.3 is 0 Å². The molecule has 0 heterocycles. The molecule has 126 valence electrons. The lowest BCUT2D eigenvalue weighted by Gasteiger charge is -2.38. The van der Waals surface area contributed by atoms with Crippen molar-refractivity contribution in [3.05, 3.63) is 39.9 Å². The largest absolute Gasteiger partial charge is 0.755 e. The third-order valence-electron chi connectivity index (χ3n) is 3.68. The number of allylic oxidation sites excluding steroid dienone is 1. The van der Waals surface area contributed by atoms with Crippen LogP contribution in [0.25, 0.3) is 0 Å². The van der Waals surface area contributed by atoms with Crippen LogP contribution in [0.3, 0.4) is 0 Å². The second-order valence-corrected chi connectivity index (χ2v) is 6.75. The number of hydrogen-bond acceptors (Lipinski definition) is 4. The first-order valence-electron chi connectivity index (χ1n) is 7.12. The summed E-state index contributed by atoms with van der Waals surface area (Å²) >= 11 is 9.64. The molecule has 0 spiro atoms. The number of benzene rings is 1. The Bertz CT molecular complexity index is 623. The number of rotatable bonds is 7. The second kappa shape index (κ2) is 8.68. The second-order valence-electron chi connectivity index (χ2n) is 5.08. The van der Waals surface area contributed by atoms with Gasteiger partial charge in [0, 0.05) is 22.7 Å². The van der Waals surface area contributed by atoms with E-state index in [0.717, 1.165) is 18.4 Å². The summed E-state index contributed by atoms with van der Waals surface area (Å²) < 4.78 is 29.7. The lowest BCUT2D eigenvalue weighted by atomic mass is 9.92. The molecule has 0 aliphatic heterocycles. The maximum atomic E-state index is 11.8. The Morgan fingerprint density at radius 3 is 2.91 bits per heavy atom. The maximum absolute atomic E-state index is 11.8.